The summed E-state index contributed by atoms with van der Waals surface area (Å²) in [4.78, 5) is 15.2. The van der Waals surface area contributed by atoms with E-state index in [1.807, 2.05) is 90.7 Å². The zero-order valence-corrected chi connectivity index (χ0v) is 18.3. The van der Waals surface area contributed by atoms with Crippen LogP contribution in [0.5, 0.6) is 5.75 Å². The van der Waals surface area contributed by atoms with E-state index in [0.717, 1.165) is 22.4 Å². The lowest BCUT2D eigenvalue weighted by Gasteiger charge is -2.37. The van der Waals surface area contributed by atoms with Crippen molar-refractivity contribution in [3.8, 4) is 17.2 Å². The maximum atomic E-state index is 13.4. The van der Waals surface area contributed by atoms with Crippen molar-refractivity contribution < 1.29 is 13.9 Å². The Morgan fingerprint density at radius 2 is 1.75 bits per heavy atom. The first-order valence-corrected chi connectivity index (χ1v) is 11.3. The van der Waals surface area contributed by atoms with Crippen LogP contribution in [0.3, 0.4) is 0 Å². The second kappa shape index (κ2) is 8.88. The van der Waals surface area contributed by atoms with Gasteiger partial charge in [-0.15, -0.1) is 10.2 Å². The summed E-state index contributed by atoms with van der Waals surface area (Å²) in [6.45, 7) is 2.39. The molecule has 1 aliphatic heterocycles. The smallest absolute Gasteiger partial charge is 0.277 e. The molecule has 1 aromatic heterocycles. The maximum Gasteiger partial charge on any atom is 0.277 e. The zero-order valence-electron chi connectivity index (χ0n) is 17.5. The third kappa shape index (κ3) is 3.99. The van der Waals surface area contributed by atoms with Crippen molar-refractivity contribution in [3.05, 3.63) is 90.0 Å². The number of benzene rings is 3. The molecule has 0 bridgehead atoms. The molecule has 4 aromatic rings. The molecule has 6 nitrogen and oxygen atoms in total. The molecule has 2 heterocycles. The lowest BCUT2D eigenvalue weighted by atomic mass is 10.0. The summed E-state index contributed by atoms with van der Waals surface area (Å²) in [5.41, 5.74) is 3.74. The van der Waals surface area contributed by atoms with Crippen molar-refractivity contribution in [2.45, 2.75) is 18.2 Å². The number of hydrogen-bond acceptors (Lipinski definition) is 6. The van der Waals surface area contributed by atoms with Gasteiger partial charge in [0, 0.05) is 5.56 Å². The molecule has 0 unspecified atom stereocenters. The SMILES string of the molecule is Cc1ccccc1-c1nnc(SCC(=O)N2c3ccccc3OC[C@H]2c2ccccc2)o1. The van der Waals surface area contributed by atoms with Gasteiger partial charge in [-0.1, -0.05) is 72.4 Å². The first-order chi connectivity index (χ1) is 15.7. The number of para-hydroxylation sites is 2. The molecule has 5 rings (SSSR count). The van der Waals surface area contributed by atoms with Gasteiger partial charge in [-0.25, -0.2) is 0 Å². The number of amides is 1. The second-order valence-corrected chi connectivity index (χ2v) is 8.37. The van der Waals surface area contributed by atoms with E-state index < -0.39 is 0 Å². The highest BCUT2D eigenvalue weighted by Crippen LogP contribution is 2.40. The van der Waals surface area contributed by atoms with Gasteiger partial charge in [0.15, 0.2) is 0 Å². The lowest BCUT2D eigenvalue weighted by Crippen LogP contribution is -2.42. The maximum absolute atomic E-state index is 13.4. The summed E-state index contributed by atoms with van der Waals surface area (Å²) < 4.78 is 11.8. The fourth-order valence-corrected chi connectivity index (χ4v) is 4.42. The molecular formula is C25H21N3O3S. The molecule has 0 saturated heterocycles. The monoisotopic (exact) mass is 443 g/mol. The summed E-state index contributed by atoms with van der Waals surface area (Å²) in [5, 5.41) is 8.65. The molecule has 1 aliphatic rings. The Morgan fingerprint density at radius 3 is 2.59 bits per heavy atom. The van der Waals surface area contributed by atoms with Crippen molar-refractivity contribution in [2.75, 3.05) is 17.3 Å². The molecule has 0 saturated carbocycles. The van der Waals surface area contributed by atoms with Crippen molar-refractivity contribution in [1.82, 2.24) is 10.2 Å². The van der Waals surface area contributed by atoms with Crippen LogP contribution >= 0.6 is 11.8 Å². The van der Waals surface area contributed by atoms with Gasteiger partial charge >= 0.3 is 0 Å². The van der Waals surface area contributed by atoms with Crippen molar-refractivity contribution in [3.63, 3.8) is 0 Å². The minimum atomic E-state index is -0.204. The first kappa shape index (κ1) is 20.3. The van der Waals surface area contributed by atoms with Gasteiger partial charge in [0.05, 0.1) is 17.5 Å². The average Bonchev–Trinajstić information content (AvgIpc) is 3.31. The zero-order chi connectivity index (χ0) is 21.9. The number of aryl methyl sites for hydroxylation is 1. The van der Waals surface area contributed by atoms with E-state index in [9.17, 15) is 4.79 Å². The van der Waals surface area contributed by atoms with Gasteiger partial charge in [-0.3, -0.25) is 9.69 Å². The summed E-state index contributed by atoms with van der Waals surface area (Å²) >= 11 is 1.24. The Hall–Kier alpha value is -3.58. The molecule has 0 fully saturated rings. The van der Waals surface area contributed by atoms with Crippen LogP contribution in [-0.4, -0.2) is 28.5 Å². The highest BCUT2D eigenvalue weighted by Gasteiger charge is 2.33. The van der Waals surface area contributed by atoms with Crippen LogP contribution in [0.1, 0.15) is 17.2 Å². The number of aromatic nitrogens is 2. The van der Waals surface area contributed by atoms with E-state index in [4.69, 9.17) is 9.15 Å². The van der Waals surface area contributed by atoms with Crippen LogP contribution in [0.25, 0.3) is 11.5 Å². The second-order valence-electron chi connectivity index (χ2n) is 7.45. The molecule has 160 valence electrons. The number of hydrogen-bond donors (Lipinski definition) is 0. The largest absolute Gasteiger partial charge is 0.489 e. The summed E-state index contributed by atoms with van der Waals surface area (Å²) in [6, 6.07) is 25.2. The molecular weight excluding hydrogens is 422 g/mol. The first-order valence-electron chi connectivity index (χ1n) is 10.3. The predicted octanol–water partition coefficient (Wildman–Crippen LogP) is 5.30. The Morgan fingerprint density at radius 1 is 1.00 bits per heavy atom. The van der Waals surface area contributed by atoms with E-state index >= 15 is 0 Å². The van der Waals surface area contributed by atoms with E-state index in [1.165, 1.54) is 11.8 Å². The van der Waals surface area contributed by atoms with Crippen LogP contribution in [0.4, 0.5) is 5.69 Å². The van der Waals surface area contributed by atoms with Crippen LogP contribution < -0.4 is 9.64 Å². The number of nitrogens with zero attached hydrogens (tertiary/aromatic N) is 3. The Bertz CT molecular complexity index is 1240. The topological polar surface area (TPSA) is 68.5 Å². The Kier molecular flexibility index (Phi) is 5.64. The Balaban J connectivity index is 1.37. The number of carbonyl (C=O) groups is 1. The van der Waals surface area contributed by atoms with Gasteiger partial charge < -0.3 is 9.15 Å². The molecule has 1 amide bonds. The summed E-state index contributed by atoms with van der Waals surface area (Å²) in [6.07, 6.45) is 0. The molecule has 0 radical (unpaired) electrons. The van der Waals surface area contributed by atoms with Gasteiger partial charge in [0.25, 0.3) is 5.22 Å². The number of fused-ring (bicyclic) bond motifs is 1. The standard InChI is InChI=1S/C25H21N3O3S/c1-17-9-5-6-12-19(17)24-26-27-25(31-24)32-16-23(29)28-20-13-7-8-14-22(20)30-15-21(28)18-10-3-2-4-11-18/h2-14,21H,15-16H2,1H3/t21-/m0/s1. The van der Waals surface area contributed by atoms with E-state index in [2.05, 4.69) is 10.2 Å². The average molecular weight is 444 g/mol. The van der Waals surface area contributed by atoms with Crippen LogP contribution in [0.15, 0.2) is 88.5 Å². The number of ether oxygens (including phenoxy) is 1. The predicted molar refractivity (Wildman–Crippen MR) is 124 cm³/mol. The number of carbonyl (C=O) groups excluding carboxylic acids is 1. The van der Waals surface area contributed by atoms with E-state index in [1.54, 1.807) is 0 Å². The fraction of sp³-hybridized carbons (Fsp3) is 0.160. The summed E-state index contributed by atoms with van der Waals surface area (Å²) in [5.74, 6) is 1.29. The molecule has 7 heteroatoms. The van der Waals surface area contributed by atoms with Gasteiger partial charge in [-0.2, -0.15) is 0 Å². The highest BCUT2D eigenvalue weighted by molar-refractivity contribution is 7.99. The lowest BCUT2D eigenvalue weighted by molar-refractivity contribution is -0.117. The molecule has 3 aromatic carbocycles. The van der Waals surface area contributed by atoms with E-state index in [0.29, 0.717) is 23.5 Å². The number of anilines is 1. The molecule has 0 N–H and O–H groups in total. The number of thioether (sulfide) groups is 1. The minimum absolute atomic E-state index is 0.0461. The van der Waals surface area contributed by atoms with Crippen molar-refractivity contribution in [1.29, 1.82) is 0 Å². The van der Waals surface area contributed by atoms with Gasteiger partial charge in [-0.05, 0) is 36.2 Å². The highest BCUT2D eigenvalue weighted by atomic mass is 32.2. The normalized spacial score (nSPS) is 15.2. The third-order valence-corrected chi connectivity index (χ3v) is 6.19. The van der Waals surface area contributed by atoms with Crippen LogP contribution in [0.2, 0.25) is 0 Å². The molecule has 0 aliphatic carbocycles. The quantitative estimate of drug-likeness (QED) is 0.390. The van der Waals surface area contributed by atoms with Crippen LogP contribution in [0, 0.1) is 6.92 Å². The van der Waals surface area contributed by atoms with Crippen LogP contribution in [-0.2, 0) is 4.79 Å². The summed E-state index contributed by atoms with van der Waals surface area (Å²) in [7, 11) is 0. The third-order valence-electron chi connectivity index (χ3n) is 5.39. The number of rotatable bonds is 5. The van der Waals surface area contributed by atoms with Crippen molar-refractivity contribution in [2.24, 2.45) is 0 Å². The van der Waals surface area contributed by atoms with E-state index in [-0.39, 0.29) is 17.7 Å². The molecule has 1 atom stereocenters. The minimum Gasteiger partial charge on any atom is -0.489 e. The van der Waals surface area contributed by atoms with Gasteiger partial charge in [0.1, 0.15) is 12.4 Å². The Labute approximate surface area is 190 Å². The van der Waals surface area contributed by atoms with Gasteiger partial charge in [0.2, 0.25) is 11.8 Å². The molecule has 0 spiro atoms. The fourth-order valence-electron chi connectivity index (χ4n) is 3.80. The van der Waals surface area contributed by atoms with Crippen molar-refractivity contribution >= 4 is 23.4 Å². The molecule has 32 heavy (non-hydrogen) atoms.